The maximum Gasteiger partial charge on any atom is 0.242 e. The number of anilines is 1. The molecule has 0 radical (unpaired) electrons. The molecule has 3 N–H and O–H groups in total. The molecular formula is C19H29N3O3. The Morgan fingerprint density at radius 1 is 0.960 bits per heavy atom. The van der Waals surface area contributed by atoms with E-state index in [1.54, 1.807) is 39.8 Å². The first-order valence-electron chi connectivity index (χ1n) is 8.49. The Morgan fingerprint density at radius 3 is 2.00 bits per heavy atom. The number of nitrogens with one attached hydrogen (secondary N) is 3. The third-order valence-electron chi connectivity index (χ3n) is 3.63. The topological polar surface area (TPSA) is 87.3 Å². The second kappa shape index (κ2) is 8.65. The molecule has 0 spiro atoms. The van der Waals surface area contributed by atoms with Crippen molar-refractivity contribution in [3.05, 3.63) is 29.8 Å². The SMILES string of the molecule is CC(C)C(=O)Nc1ccc(CNC(=O)C(C)NC(=O)C(C)(C)C)cc1. The van der Waals surface area contributed by atoms with Crippen LogP contribution in [0.5, 0.6) is 0 Å². The number of hydrogen-bond acceptors (Lipinski definition) is 3. The van der Waals surface area contributed by atoms with Gasteiger partial charge in [0.05, 0.1) is 0 Å². The molecule has 6 nitrogen and oxygen atoms in total. The summed E-state index contributed by atoms with van der Waals surface area (Å²) >= 11 is 0. The van der Waals surface area contributed by atoms with Crippen molar-refractivity contribution >= 4 is 23.4 Å². The Bertz CT molecular complexity index is 616. The molecule has 0 saturated carbocycles. The lowest BCUT2D eigenvalue weighted by Gasteiger charge is -2.21. The number of carbonyl (C=O) groups excluding carboxylic acids is 3. The molecule has 6 heteroatoms. The molecule has 1 rings (SSSR count). The summed E-state index contributed by atoms with van der Waals surface area (Å²) in [6, 6.07) is 6.68. The Labute approximate surface area is 149 Å². The van der Waals surface area contributed by atoms with Crippen LogP contribution in [0.25, 0.3) is 0 Å². The van der Waals surface area contributed by atoms with Crippen LogP contribution < -0.4 is 16.0 Å². The van der Waals surface area contributed by atoms with Crippen LogP contribution in [-0.4, -0.2) is 23.8 Å². The Kier molecular flexibility index (Phi) is 7.15. The minimum absolute atomic E-state index is 0.0375. The molecule has 1 aromatic rings. The lowest BCUT2D eigenvalue weighted by atomic mass is 9.95. The standard InChI is InChI=1S/C19H29N3O3/c1-12(2)16(23)22-15-9-7-14(8-10-15)11-20-17(24)13(3)21-18(25)19(4,5)6/h7-10,12-13H,11H2,1-6H3,(H,20,24)(H,21,25)(H,22,23). The van der Waals surface area contributed by atoms with Crippen LogP contribution in [0.3, 0.4) is 0 Å². The molecule has 0 aliphatic rings. The van der Waals surface area contributed by atoms with E-state index in [9.17, 15) is 14.4 Å². The predicted octanol–water partition coefficient (Wildman–Crippen LogP) is 2.45. The molecule has 0 bridgehead atoms. The molecule has 3 amide bonds. The van der Waals surface area contributed by atoms with Gasteiger partial charge in [0, 0.05) is 23.6 Å². The third kappa shape index (κ3) is 6.95. The van der Waals surface area contributed by atoms with E-state index in [4.69, 9.17) is 0 Å². The summed E-state index contributed by atoms with van der Waals surface area (Å²) in [6.45, 7) is 11.1. The summed E-state index contributed by atoms with van der Waals surface area (Å²) in [5.41, 5.74) is 1.09. The molecule has 138 valence electrons. The zero-order valence-electron chi connectivity index (χ0n) is 15.9. The Balaban J connectivity index is 2.51. The van der Waals surface area contributed by atoms with Gasteiger partial charge in [-0.05, 0) is 24.6 Å². The van der Waals surface area contributed by atoms with E-state index in [0.29, 0.717) is 6.54 Å². The fourth-order valence-electron chi connectivity index (χ4n) is 1.81. The van der Waals surface area contributed by atoms with Crippen LogP contribution in [0.2, 0.25) is 0 Å². The molecule has 1 aromatic carbocycles. The first-order valence-corrected chi connectivity index (χ1v) is 8.49. The summed E-state index contributed by atoms with van der Waals surface area (Å²) in [4.78, 5) is 35.6. The van der Waals surface area contributed by atoms with Crippen molar-refractivity contribution in [2.75, 3.05) is 5.32 Å². The van der Waals surface area contributed by atoms with E-state index in [-0.39, 0.29) is 23.6 Å². The van der Waals surface area contributed by atoms with Gasteiger partial charge in [0.25, 0.3) is 0 Å². The second-order valence-electron chi connectivity index (χ2n) is 7.50. The summed E-state index contributed by atoms with van der Waals surface area (Å²) in [6.07, 6.45) is 0. The zero-order valence-corrected chi connectivity index (χ0v) is 15.9. The number of rotatable bonds is 6. The van der Waals surface area contributed by atoms with Gasteiger partial charge in [-0.2, -0.15) is 0 Å². The average molecular weight is 347 g/mol. The Morgan fingerprint density at radius 2 is 1.52 bits per heavy atom. The van der Waals surface area contributed by atoms with Gasteiger partial charge in [0.15, 0.2) is 0 Å². The van der Waals surface area contributed by atoms with Crippen LogP contribution in [0.15, 0.2) is 24.3 Å². The lowest BCUT2D eigenvalue weighted by Crippen LogP contribution is -2.48. The van der Waals surface area contributed by atoms with Crippen molar-refractivity contribution in [3.63, 3.8) is 0 Å². The third-order valence-corrected chi connectivity index (χ3v) is 3.63. The second-order valence-corrected chi connectivity index (χ2v) is 7.50. The van der Waals surface area contributed by atoms with Crippen molar-refractivity contribution in [1.82, 2.24) is 10.6 Å². The van der Waals surface area contributed by atoms with Crippen molar-refractivity contribution < 1.29 is 14.4 Å². The van der Waals surface area contributed by atoms with E-state index >= 15 is 0 Å². The van der Waals surface area contributed by atoms with Crippen molar-refractivity contribution in [1.29, 1.82) is 0 Å². The fourth-order valence-corrected chi connectivity index (χ4v) is 1.81. The van der Waals surface area contributed by atoms with Gasteiger partial charge in [0.2, 0.25) is 17.7 Å². The smallest absolute Gasteiger partial charge is 0.242 e. The summed E-state index contributed by atoms with van der Waals surface area (Å²) in [5, 5.41) is 8.31. The van der Waals surface area contributed by atoms with Gasteiger partial charge in [-0.25, -0.2) is 0 Å². The molecule has 1 unspecified atom stereocenters. The summed E-state index contributed by atoms with van der Waals surface area (Å²) in [7, 11) is 0. The van der Waals surface area contributed by atoms with Crippen molar-refractivity contribution in [3.8, 4) is 0 Å². The summed E-state index contributed by atoms with van der Waals surface area (Å²) < 4.78 is 0. The van der Waals surface area contributed by atoms with Crippen LogP contribution in [0, 0.1) is 11.3 Å². The molecule has 0 heterocycles. The van der Waals surface area contributed by atoms with Crippen LogP contribution in [-0.2, 0) is 20.9 Å². The number of hydrogen-bond donors (Lipinski definition) is 3. The molecule has 25 heavy (non-hydrogen) atoms. The average Bonchev–Trinajstić information content (AvgIpc) is 2.52. The molecule has 0 aliphatic heterocycles. The first kappa shape index (κ1) is 20.7. The highest BCUT2D eigenvalue weighted by Crippen LogP contribution is 2.13. The molecular weight excluding hydrogens is 318 g/mol. The van der Waals surface area contributed by atoms with Gasteiger partial charge < -0.3 is 16.0 Å². The highest BCUT2D eigenvalue weighted by Gasteiger charge is 2.24. The normalized spacial score (nSPS) is 12.4. The van der Waals surface area contributed by atoms with Crippen LogP contribution in [0.1, 0.15) is 47.1 Å². The summed E-state index contributed by atoms with van der Waals surface area (Å²) in [5.74, 6) is -0.525. The highest BCUT2D eigenvalue weighted by atomic mass is 16.2. The quantitative estimate of drug-likeness (QED) is 0.739. The maximum absolute atomic E-state index is 12.1. The van der Waals surface area contributed by atoms with Crippen LogP contribution >= 0.6 is 0 Å². The molecule has 0 aromatic heterocycles. The van der Waals surface area contributed by atoms with Crippen molar-refractivity contribution in [2.45, 2.75) is 54.1 Å². The van der Waals surface area contributed by atoms with Crippen molar-refractivity contribution in [2.24, 2.45) is 11.3 Å². The highest BCUT2D eigenvalue weighted by molar-refractivity contribution is 5.92. The first-order chi connectivity index (χ1) is 11.5. The zero-order chi connectivity index (χ0) is 19.2. The minimum Gasteiger partial charge on any atom is -0.350 e. The maximum atomic E-state index is 12.1. The van der Waals surface area contributed by atoms with E-state index in [1.165, 1.54) is 0 Å². The van der Waals surface area contributed by atoms with E-state index < -0.39 is 11.5 Å². The molecule has 0 fully saturated rings. The predicted molar refractivity (Wildman–Crippen MR) is 98.8 cm³/mol. The molecule has 0 aliphatic carbocycles. The van der Waals surface area contributed by atoms with Gasteiger partial charge in [-0.1, -0.05) is 46.8 Å². The van der Waals surface area contributed by atoms with E-state index in [0.717, 1.165) is 11.3 Å². The molecule has 1 atom stereocenters. The number of benzene rings is 1. The minimum atomic E-state index is -0.601. The van der Waals surface area contributed by atoms with Gasteiger partial charge in [-0.3, -0.25) is 14.4 Å². The van der Waals surface area contributed by atoms with Gasteiger partial charge in [-0.15, -0.1) is 0 Å². The fraction of sp³-hybridized carbons (Fsp3) is 0.526. The molecule has 0 saturated heterocycles. The van der Waals surface area contributed by atoms with Crippen LogP contribution in [0.4, 0.5) is 5.69 Å². The Hall–Kier alpha value is -2.37. The van der Waals surface area contributed by atoms with E-state index in [1.807, 2.05) is 26.0 Å². The van der Waals surface area contributed by atoms with Gasteiger partial charge >= 0.3 is 0 Å². The number of carbonyl (C=O) groups is 3. The number of amides is 3. The monoisotopic (exact) mass is 347 g/mol. The van der Waals surface area contributed by atoms with Gasteiger partial charge in [0.1, 0.15) is 6.04 Å². The largest absolute Gasteiger partial charge is 0.350 e. The van der Waals surface area contributed by atoms with E-state index in [2.05, 4.69) is 16.0 Å². The lowest BCUT2D eigenvalue weighted by molar-refractivity contribution is -0.133.